The van der Waals surface area contributed by atoms with Crippen molar-refractivity contribution in [2.75, 3.05) is 33.3 Å². The summed E-state index contributed by atoms with van der Waals surface area (Å²) in [6.07, 6.45) is 0.253. The molecule has 1 saturated heterocycles. The van der Waals surface area contributed by atoms with E-state index in [1.807, 2.05) is 19.2 Å². The highest BCUT2D eigenvalue weighted by Gasteiger charge is 2.26. The second-order valence-corrected chi connectivity index (χ2v) is 8.04. The van der Waals surface area contributed by atoms with Gasteiger partial charge in [-0.1, -0.05) is 0 Å². The van der Waals surface area contributed by atoms with E-state index in [1.165, 1.54) is 30.6 Å². The van der Waals surface area contributed by atoms with Crippen molar-refractivity contribution in [2.45, 2.75) is 32.7 Å². The van der Waals surface area contributed by atoms with Gasteiger partial charge in [0, 0.05) is 37.6 Å². The molecule has 2 aromatic rings. The lowest BCUT2D eigenvalue weighted by atomic mass is 10.1. The van der Waals surface area contributed by atoms with Crippen LogP contribution in [0.1, 0.15) is 29.9 Å². The number of aromatic nitrogens is 1. The van der Waals surface area contributed by atoms with Crippen molar-refractivity contribution in [3.63, 3.8) is 0 Å². The Morgan fingerprint density at radius 1 is 1.35 bits per heavy atom. The van der Waals surface area contributed by atoms with E-state index in [1.54, 1.807) is 5.51 Å². The van der Waals surface area contributed by atoms with Crippen LogP contribution in [0.25, 0.3) is 0 Å². The van der Waals surface area contributed by atoms with Crippen LogP contribution in [-0.4, -0.2) is 66.2 Å². The van der Waals surface area contributed by atoms with Crippen LogP contribution >= 0.6 is 11.3 Å². The molecule has 0 radical (unpaired) electrons. The van der Waals surface area contributed by atoms with Gasteiger partial charge in [0.05, 0.1) is 41.5 Å². The van der Waals surface area contributed by atoms with E-state index in [0.717, 1.165) is 13.1 Å². The Hall–Kier alpha value is -2.76. The van der Waals surface area contributed by atoms with Crippen molar-refractivity contribution < 1.29 is 23.9 Å². The minimum Gasteiger partial charge on any atom is -0.493 e. The molecule has 3 rings (SSSR count). The van der Waals surface area contributed by atoms with Gasteiger partial charge >= 0.3 is 0 Å². The number of methoxy groups -OCH3 is 1. The maximum atomic E-state index is 12.7. The van der Waals surface area contributed by atoms with Gasteiger partial charge in [0.2, 0.25) is 0 Å². The van der Waals surface area contributed by atoms with E-state index in [4.69, 9.17) is 14.2 Å². The van der Waals surface area contributed by atoms with Gasteiger partial charge in [-0.05, 0) is 13.8 Å². The first-order chi connectivity index (χ1) is 14.9. The minimum atomic E-state index is -0.602. The molecule has 31 heavy (non-hydrogen) atoms. The first kappa shape index (κ1) is 22.9. The molecule has 11 heteroatoms. The van der Waals surface area contributed by atoms with Gasteiger partial charge in [0.15, 0.2) is 11.5 Å². The molecule has 168 valence electrons. The number of nitro groups is 1. The summed E-state index contributed by atoms with van der Waals surface area (Å²) in [7, 11) is 1.42. The van der Waals surface area contributed by atoms with Gasteiger partial charge < -0.3 is 19.5 Å². The second kappa shape index (κ2) is 10.5. The second-order valence-electron chi connectivity index (χ2n) is 7.32. The highest BCUT2D eigenvalue weighted by atomic mass is 32.1. The van der Waals surface area contributed by atoms with Crippen LogP contribution in [0.5, 0.6) is 11.5 Å². The molecule has 1 aromatic heterocycles. The molecule has 2 heterocycles. The zero-order valence-electron chi connectivity index (χ0n) is 17.7. The van der Waals surface area contributed by atoms with Gasteiger partial charge in [-0.25, -0.2) is 4.98 Å². The smallest absolute Gasteiger partial charge is 0.286 e. The predicted octanol–water partition coefficient (Wildman–Crippen LogP) is 2.48. The Labute approximate surface area is 184 Å². The lowest BCUT2D eigenvalue weighted by molar-refractivity contribution is -0.385. The summed E-state index contributed by atoms with van der Waals surface area (Å²) in [5.41, 5.74) is 1.94. The van der Waals surface area contributed by atoms with E-state index < -0.39 is 10.8 Å². The number of benzene rings is 1. The summed E-state index contributed by atoms with van der Waals surface area (Å²) in [4.78, 5) is 30.0. The fourth-order valence-electron chi connectivity index (χ4n) is 3.50. The lowest BCUT2D eigenvalue weighted by Gasteiger charge is -2.35. The number of nitrogens with one attached hydrogen (secondary N) is 1. The lowest BCUT2D eigenvalue weighted by Crippen LogP contribution is -2.47. The molecule has 1 fully saturated rings. The third-order valence-electron chi connectivity index (χ3n) is 4.79. The van der Waals surface area contributed by atoms with Crippen molar-refractivity contribution in [1.82, 2.24) is 15.2 Å². The molecule has 0 spiro atoms. The van der Waals surface area contributed by atoms with Crippen LogP contribution in [0.4, 0.5) is 5.69 Å². The Morgan fingerprint density at radius 3 is 2.71 bits per heavy atom. The Morgan fingerprint density at radius 2 is 2.10 bits per heavy atom. The fourth-order valence-corrected chi connectivity index (χ4v) is 4.05. The molecule has 10 nitrogen and oxygen atoms in total. The number of hydrogen-bond acceptors (Lipinski definition) is 9. The average molecular weight is 451 g/mol. The van der Waals surface area contributed by atoms with E-state index in [-0.39, 0.29) is 41.6 Å². The van der Waals surface area contributed by atoms with Crippen LogP contribution in [0.15, 0.2) is 23.0 Å². The predicted molar refractivity (Wildman–Crippen MR) is 115 cm³/mol. The summed E-state index contributed by atoms with van der Waals surface area (Å²) < 4.78 is 16.6. The first-order valence-corrected chi connectivity index (χ1v) is 10.8. The first-order valence-electron chi connectivity index (χ1n) is 9.89. The summed E-state index contributed by atoms with van der Waals surface area (Å²) in [6, 6.07) is 2.55. The van der Waals surface area contributed by atoms with Gasteiger partial charge in [-0.3, -0.25) is 19.8 Å². The number of thiazole rings is 1. The van der Waals surface area contributed by atoms with Crippen LogP contribution in [0, 0.1) is 10.1 Å². The molecular weight excluding hydrogens is 424 g/mol. The normalized spacial score (nSPS) is 19.1. The molecule has 1 aliphatic rings. The van der Waals surface area contributed by atoms with Crippen molar-refractivity contribution in [1.29, 1.82) is 0 Å². The van der Waals surface area contributed by atoms with Gasteiger partial charge in [0.1, 0.15) is 12.2 Å². The molecule has 2 unspecified atom stereocenters. The number of amides is 1. The van der Waals surface area contributed by atoms with E-state index in [0.29, 0.717) is 18.8 Å². The Balaban J connectivity index is 1.68. The topological polar surface area (TPSA) is 116 Å². The number of ether oxygens (including phenoxy) is 3. The van der Waals surface area contributed by atoms with E-state index >= 15 is 0 Å². The SMILES string of the molecule is COc1cc(C(=O)NCCN2CC(C)OC(C)C2)c([N+](=O)[O-])cc1OCc1cscn1. The molecule has 0 saturated carbocycles. The Bertz CT molecular complexity index is 897. The molecule has 0 bridgehead atoms. The number of hydrogen-bond donors (Lipinski definition) is 1. The fraction of sp³-hybridized carbons (Fsp3) is 0.500. The number of nitro benzene ring substituents is 1. The van der Waals surface area contributed by atoms with E-state index in [9.17, 15) is 14.9 Å². The molecular formula is C20H26N4O6S. The summed E-state index contributed by atoms with van der Waals surface area (Å²) in [6.45, 7) is 6.70. The summed E-state index contributed by atoms with van der Waals surface area (Å²) in [5.74, 6) is -0.123. The number of morpholine rings is 1. The minimum absolute atomic E-state index is 0.0772. The number of carbonyl (C=O) groups is 1. The van der Waals surface area contributed by atoms with Crippen LogP contribution in [0.2, 0.25) is 0 Å². The van der Waals surface area contributed by atoms with Crippen molar-refractivity contribution in [3.05, 3.63) is 44.4 Å². The van der Waals surface area contributed by atoms with Crippen LogP contribution in [-0.2, 0) is 11.3 Å². The molecule has 1 aliphatic heterocycles. The highest BCUT2D eigenvalue weighted by molar-refractivity contribution is 7.07. The highest BCUT2D eigenvalue weighted by Crippen LogP contribution is 2.35. The maximum Gasteiger partial charge on any atom is 0.286 e. The molecule has 0 aliphatic carbocycles. The van der Waals surface area contributed by atoms with Crippen LogP contribution in [0.3, 0.4) is 0 Å². The largest absolute Gasteiger partial charge is 0.493 e. The quantitative estimate of drug-likeness (QED) is 0.458. The molecule has 1 amide bonds. The zero-order chi connectivity index (χ0) is 22.4. The molecule has 1 aromatic carbocycles. The van der Waals surface area contributed by atoms with Gasteiger partial charge in [-0.15, -0.1) is 11.3 Å². The third-order valence-corrected chi connectivity index (χ3v) is 5.43. The van der Waals surface area contributed by atoms with Crippen molar-refractivity contribution in [3.8, 4) is 11.5 Å². The van der Waals surface area contributed by atoms with E-state index in [2.05, 4.69) is 15.2 Å². The monoisotopic (exact) mass is 450 g/mol. The number of carbonyl (C=O) groups excluding carboxylic acids is 1. The summed E-state index contributed by atoms with van der Waals surface area (Å²) >= 11 is 1.42. The standard InChI is InChI=1S/C20H26N4O6S/c1-13-8-23(9-14(2)30-13)5-4-21-20(25)16-6-18(28-3)19(7-17(16)24(26)27)29-10-15-11-31-12-22-15/h6-7,11-14H,4-5,8-10H2,1-3H3,(H,21,25). The van der Waals surface area contributed by atoms with Gasteiger partial charge in [-0.2, -0.15) is 0 Å². The number of nitrogens with zero attached hydrogens (tertiary/aromatic N) is 3. The maximum absolute atomic E-state index is 12.7. The summed E-state index contributed by atoms with van der Waals surface area (Å²) in [5, 5.41) is 16.2. The molecule has 2 atom stereocenters. The third kappa shape index (κ3) is 6.12. The Kier molecular flexibility index (Phi) is 7.77. The average Bonchev–Trinajstić information content (AvgIpc) is 3.24. The van der Waals surface area contributed by atoms with Crippen molar-refractivity contribution >= 4 is 22.9 Å². The van der Waals surface area contributed by atoms with Gasteiger partial charge in [0.25, 0.3) is 11.6 Å². The number of rotatable bonds is 9. The van der Waals surface area contributed by atoms with Crippen LogP contribution < -0.4 is 14.8 Å². The van der Waals surface area contributed by atoms with Crippen molar-refractivity contribution in [2.24, 2.45) is 0 Å². The molecule has 1 N–H and O–H groups in total. The zero-order valence-corrected chi connectivity index (χ0v) is 18.5.